The molecule has 6 nitrogen and oxygen atoms in total. The molecule has 0 unspecified atom stereocenters. The fourth-order valence-electron chi connectivity index (χ4n) is 4.02. The molecule has 1 fully saturated rings. The van der Waals surface area contributed by atoms with Crippen LogP contribution in [0, 0.1) is 5.82 Å². The predicted molar refractivity (Wildman–Crippen MR) is 116 cm³/mol. The molecule has 2 aliphatic heterocycles. The lowest BCUT2D eigenvalue weighted by Gasteiger charge is -2.32. The Morgan fingerprint density at radius 3 is 2.52 bits per heavy atom. The van der Waals surface area contributed by atoms with Crippen molar-refractivity contribution in [2.75, 3.05) is 37.7 Å². The maximum atomic E-state index is 14.2. The van der Waals surface area contributed by atoms with Crippen LogP contribution in [0.5, 0.6) is 11.6 Å². The standard InChI is InChI=1S/C24H25FN4O2/c25-21-9-5-4-6-18(21)16-28-11-10-22-20(17-28)23(31-19-7-2-1-3-8-19)27-24(26-22)29-12-14-30-15-13-29/h1-9H,10-17H2. The first-order valence-electron chi connectivity index (χ1n) is 10.7. The van der Waals surface area contributed by atoms with Crippen molar-refractivity contribution in [3.63, 3.8) is 0 Å². The highest BCUT2D eigenvalue weighted by Crippen LogP contribution is 2.32. The van der Waals surface area contributed by atoms with Crippen LogP contribution in [-0.2, 0) is 24.2 Å². The quantitative estimate of drug-likeness (QED) is 0.626. The molecule has 0 aliphatic carbocycles. The Kier molecular flexibility index (Phi) is 5.78. The molecule has 0 bridgehead atoms. The van der Waals surface area contributed by atoms with Crippen molar-refractivity contribution in [3.8, 4) is 11.6 Å². The Balaban J connectivity index is 1.45. The Morgan fingerprint density at radius 1 is 0.935 bits per heavy atom. The molecule has 0 spiro atoms. The second-order valence-corrected chi connectivity index (χ2v) is 7.82. The van der Waals surface area contributed by atoms with Crippen LogP contribution in [0.25, 0.3) is 0 Å². The van der Waals surface area contributed by atoms with E-state index in [1.165, 1.54) is 6.07 Å². The number of rotatable bonds is 5. The maximum Gasteiger partial charge on any atom is 0.229 e. The molecule has 1 aromatic heterocycles. The van der Waals surface area contributed by atoms with Gasteiger partial charge in [-0.25, -0.2) is 9.37 Å². The van der Waals surface area contributed by atoms with E-state index in [0.717, 1.165) is 43.1 Å². The van der Waals surface area contributed by atoms with Crippen LogP contribution < -0.4 is 9.64 Å². The van der Waals surface area contributed by atoms with Gasteiger partial charge in [-0.3, -0.25) is 4.90 Å². The second kappa shape index (κ2) is 8.99. The van der Waals surface area contributed by atoms with Gasteiger partial charge in [0.2, 0.25) is 11.8 Å². The fraction of sp³-hybridized carbons (Fsp3) is 0.333. The number of aromatic nitrogens is 2. The number of fused-ring (bicyclic) bond motifs is 1. The SMILES string of the molecule is Fc1ccccc1CN1CCc2nc(N3CCOCC3)nc(Oc3ccccc3)c2C1. The van der Waals surface area contributed by atoms with Crippen LogP contribution in [0.1, 0.15) is 16.8 Å². The second-order valence-electron chi connectivity index (χ2n) is 7.82. The number of nitrogens with zero attached hydrogens (tertiary/aromatic N) is 4. The summed E-state index contributed by atoms with van der Waals surface area (Å²) in [5.41, 5.74) is 2.68. The average Bonchev–Trinajstić information content (AvgIpc) is 2.82. The molecule has 1 saturated heterocycles. The highest BCUT2D eigenvalue weighted by Gasteiger charge is 2.26. The third-order valence-corrected chi connectivity index (χ3v) is 5.69. The molecule has 0 N–H and O–H groups in total. The van der Waals surface area contributed by atoms with E-state index in [1.54, 1.807) is 6.07 Å². The molecule has 5 rings (SSSR count). The summed E-state index contributed by atoms with van der Waals surface area (Å²) in [5, 5.41) is 0. The number of anilines is 1. The highest BCUT2D eigenvalue weighted by molar-refractivity contribution is 5.43. The molecule has 7 heteroatoms. The summed E-state index contributed by atoms with van der Waals surface area (Å²) in [5.74, 6) is 1.84. The van der Waals surface area contributed by atoms with E-state index in [-0.39, 0.29) is 5.82 Å². The third kappa shape index (κ3) is 4.52. The van der Waals surface area contributed by atoms with Crippen LogP contribution in [-0.4, -0.2) is 47.7 Å². The lowest BCUT2D eigenvalue weighted by atomic mass is 10.1. The first-order chi connectivity index (χ1) is 15.3. The van der Waals surface area contributed by atoms with Gasteiger partial charge in [-0.2, -0.15) is 4.98 Å². The lowest BCUT2D eigenvalue weighted by Crippen LogP contribution is -2.38. The summed E-state index contributed by atoms with van der Waals surface area (Å²) in [6.07, 6.45) is 0.773. The number of halogens is 1. The van der Waals surface area contributed by atoms with Gasteiger partial charge in [-0.15, -0.1) is 0 Å². The van der Waals surface area contributed by atoms with Crippen molar-refractivity contribution in [1.29, 1.82) is 0 Å². The fourth-order valence-corrected chi connectivity index (χ4v) is 4.02. The van der Waals surface area contributed by atoms with E-state index in [2.05, 4.69) is 9.80 Å². The number of benzene rings is 2. The largest absolute Gasteiger partial charge is 0.439 e. The van der Waals surface area contributed by atoms with Crippen LogP contribution in [0.2, 0.25) is 0 Å². The van der Waals surface area contributed by atoms with Crippen LogP contribution in [0.3, 0.4) is 0 Å². The van der Waals surface area contributed by atoms with Gasteiger partial charge in [0.1, 0.15) is 11.6 Å². The van der Waals surface area contributed by atoms with Crippen LogP contribution in [0.4, 0.5) is 10.3 Å². The number of hydrogen-bond acceptors (Lipinski definition) is 6. The topological polar surface area (TPSA) is 50.7 Å². The van der Waals surface area contributed by atoms with Gasteiger partial charge in [0.25, 0.3) is 0 Å². The van der Waals surface area contributed by atoms with Gasteiger partial charge in [0, 0.05) is 44.7 Å². The Hall–Kier alpha value is -3.03. The third-order valence-electron chi connectivity index (χ3n) is 5.69. The monoisotopic (exact) mass is 420 g/mol. The Labute approximate surface area is 181 Å². The van der Waals surface area contributed by atoms with Crippen molar-refractivity contribution in [1.82, 2.24) is 14.9 Å². The minimum absolute atomic E-state index is 0.173. The van der Waals surface area contributed by atoms with Gasteiger partial charge in [0.15, 0.2) is 0 Å². The van der Waals surface area contributed by atoms with E-state index < -0.39 is 0 Å². The average molecular weight is 420 g/mol. The Morgan fingerprint density at radius 2 is 1.71 bits per heavy atom. The minimum Gasteiger partial charge on any atom is -0.439 e. The van der Waals surface area contributed by atoms with Gasteiger partial charge < -0.3 is 14.4 Å². The lowest BCUT2D eigenvalue weighted by molar-refractivity contribution is 0.122. The molecular weight excluding hydrogens is 395 g/mol. The van der Waals surface area contributed by atoms with Crippen molar-refractivity contribution >= 4 is 5.95 Å². The normalized spacial score (nSPS) is 16.7. The molecule has 0 radical (unpaired) electrons. The van der Waals surface area contributed by atoms with Gasteiger partial charge in [-0.05, 0) is 18.2 Å². The summed E-state index contributed by atoms with van der Waals surface area (Å²) in [6.45, 7) is 4.85. The zero-order valence-electron chi connectivity index (χ0n) is 17.3. The summed E-state index contributed by atoms with van der Waals surface area (Å²) in [7, 11) is 0. The molecular formula is C24H25FN4O2. The Bertz CT molecular complexity index is 1040. The molecule has 31 heavy (non-hydrogen) atoms. The van der Waals surface area contributed by atoms with Crippen molar-refractivity contribution in [2.45, 2.75) is 19.5 Å². The molecule has 2 aliphatic rings. The number of ether oxygens (including phenoxy) is 2. The number of hydrogen-bond donors (Lipinski definition) is 0. The summed E-state index contributed by atoms with van der Waals surface area (Å²) in [6, 6.07) is 16.6. The summed E-state index contributed by atoms with van der Waals surface area (Å²) in [4.78, 5) is 14.0. The zero-order chi connectivity index (χ0) is 21.0. The van der Waals surface area contributed by atoms with E-state index in [9.17, 15) is 4.39 Å². The van der Waals surface area contributed by atoms with Gasteiger partial charge in [-0.1, -0.05) is 36.4 Å². The van der Waals surface area contributed by atoms with Crippen molar-refractivity contribution < 1.29 is 13.9 Å². The van der Waals surface area contributed by atoms with Gasteiger partial charge >= 0.3 is 0 Å². The van der Waals surface area contributed by atoms with Crippen LogP contribution >= 0.6 is 0 Å². The van der Waals surface area contributed by atoms with E-state index in [0.29, 0.717) is 43.7 Å². The van der Waals surface area contributed by atoms with Crippen LogP contribution in [0.15, 0.2) is 54.6 Å². The molecule has 2 aromatic carbocycles. The molecule has 3 heterocycles. The molecule has 0 amide bonds. The number of para-hydroxylation sites is 1. The molecule has 3 aromatic rings. The number of morpholine rings is 1. The first kappa shape index (κ1) is 19.9. The van der Waals surface area contributed by atoms with Crippen molar-refractivity contribution in [3.05, 3.63) is 77.2 Å². The summed E-state index contributed by atoms with van der Waals surface area (Å²) < 4.78 is 25.9. The van der Waals surface area contributed by atoms with Gasteiger partial charge in [0.05, 0.1) is 24.5 Å². The van der Waals surface area contributed by atoms with Crippen molar-refractivity contribution in [2.24, 2.45) is 0 Å². The molecule has 0 saturated carbocycles. The summed E-state index contributed by atoms with van der Waals surface area (Å²) >= 11 is 0. The first-order valence-corrected chi connectivity index (χ1v) is 10.7. The maximum absolute atomic E-state index is 14.2. The predicted octanol–water partition coefficient (Wildman–Crippen LogP) is 3.80. The molecule has 160 valence electrons. The highest BCUT2D eigenvalue weighted by atomic mass is 19.1. The van der Waals surface area contributed by atoms with E-state index in [1.807, 2.05) is 42.5 Å². The minimum atomic E-state index is -0.173. The van der Waals surface area contributed by atoms with E-state index >= 15 is 0 Å². The molecule has 0 atom stereocenters. The smallest absolute Gasteiger partial charge is 0.229 e. The van der Waals surface area contributed by atoms with E-state index in [4.69, 9.17) is 19.4 Å². The zero-order valence-corrected chi connectivity index (χ0v) is 17.3.